The maximum absolute atomic E-state index is 12.0. The number of halogens is 1. The number of amides is 1. The molecule has 0 saturated heterocycles. The third-order valence-electron chi connectivity index (χ3n) is 2.56. The van der Waals surface area contributed by atoms with Crippen LogP contribution in [0.4, 0.5) is 5.69 Å². The maximum Gasteiger partial charge on any atom is 0.277 e. The fourth-order valence-corrected chi connectivity index (χ4v) is 2.37. The van der Waals surface area contributed by atoms with E-state index in [9.17, 15) is 13.2 Å². The number of methoxy groups -OCH3 is 1. The van der Waals surface area contributed by atoms with Crippen LogP contribution in [-0.2, 0) is 9.05 Å². The highest BCUT2D eigenvalue weighted by molar-refractivity contribution is 8.13. The molecular weight excluding hydrogens is 320 g/mol. The van der Waals surface area contributed by atoms with E-state index in [1.807, 2.05) is 0 Å². The van der Waals surface area contributed by atoms with E-state index in [1.165, 1.54) is 31.4 Å². The highest BCUT2D eigenvalue weighted by atomic mass is 35.7. The van der Waals surface area contributed by atoms with Crippen LogP contribution in [0.15, 0.2) is 33.7 Å². The second kappa shape index (κ2) is 5.74. The number of nitrogens with zero attached hydrogens (tertiary/aromatic N) is 1. The molecule has 1 aromatic carbocycles. The third-order valence-corrected chi connectivity index (χ3v) is 3.91. The molecule has 21 heavy (non-hydrogen) atoms. The smallest absolute Gasteiger partial charge is 0.277 e. The van der Waals surface area contributed by atoms with E-state index >= 15 is 0 Å². The topological polar surface area (TPSA) is 98.5 Å². The fraction of sp³-hybridized carbons (Fsp3) is 0.167. The van der Waals surface area contributed by atoms with Crippen LogP contribution >= 0.6 is 10.7 Å². The Bertz CT molecular complexity index is 785. The van der Waals surface area contributed by atoms with Gasteiger partial charge in [-0.25, -0.2) is 8.42 Å². The number of hydrogen-bond donors (Lipinski definition) is 1. The zero-order valence-corrected chi connectivity index (χ0v) is 12.7. The van der Waals surface area contributed by atoms with Crippen LogP contribution in [0.25, 0.3) is 0 Å². The SMILES string of the molecule is COc1ccc(S(=O)(=O)Cl)cc1NC(=O)c1cc(C)on1. The van der Waals surface area contributed by atoms with Crippen LogP contribution < -0.4 is 10.1 Å². The molecule has 0 atom stereocenters. The van der Waals surface area contributed by atoms with Crippen molar-refractivity contribution in [1.29, 1.82) is 0 Å². The molecule has 1 heterocycles. The molecule has 9 heteroatoms. The molecule has 0 unspecified atom stereocenters. The summed E-state index contributed by atoms with van der Waals surface area (Å²) < 4.78 is 32.5. The quantitative estimate of drug-likeness (QED) is 0.863. The molecule has 0 aliphatic carbocycles. The molecule has 0 radical (unpaired) electrons. The summed E-state index contributed by atoms with van der Waals surface area (Å²) in [6, 6.07) is 5.31. The number of ether oxygens (including phenoxy) is 1. The lowest BCUT2D eigenvalue weighted by Crippen LogP contribution is -2.13. The largest absolute Gasteiger partial charge is 0.495 e. The highest BCUT2D eigenvalue weighted by Gasteiger charge is 2.17. The van der Waals surface area contributed by atoms with Crippen LogP contribution in [-0.4, -0.2) is 26.6 Å². The van der Waals surface area contributed by atoms with Gasteiger partial charge in [0.25, 0.3) is 15.0 Å². The summed E-state index contributed by atoms with van der Waals surface area (Å²) >= 11 is 0. The van der Waals surface area contributed by atoms with E-state index in [-0.39, 0.29) is 22.0 Å². The molecule has 1 N–H and O–H groups in total. The first-order valence-corrected chi connectivity index (χ1v) is 7.99. The van der Waals surface area contributed by atoms with Crippen LogP contribution in [0, 0.1) is 6.92 Å². The molecule has 0 bridgehead atoms. The van der Waals surface area contributed by atoms with Gasteiger partial charge < -0.3 is 14.6 Å². The lowest BCUT2D eigenvalue weighted by atomic mass is 10.2. The van der Waals surface area contributed by atoms with Crippen molar-refractivity contribution in [2.45, 2.75) is 11.8 Å². The normalized spacial score (nSPS) is 11.2. The summed E-state index contributed by atoms with van der Waals surface area (Å²) in [4.78, 5) is 11.8. The second-order valence-electron chi connectivity index (χ2n) is 4.08. The summed E-state index contributed by atoms with van der Waals surface area (Å²) in [6.45, 7) is 1.64. The first-order valence-electron chi connectivity index (χ1n) is 5.68. The van der Waals surface area contributed by atoms with Gasteiger partial charge in [-0.05, 0) is 25.1 Å². The van der Waals surface area contributed by atoms with E-state index < -0.39 is 15.0 Å². The van der Waals surface area contributed by atoms with E-state index in [0.29, 0.717) is 5.76 Å². The molecule has 0 aliphatic heterocycles. The summed E-state index contributed by atoms with van der Waals surface area (Å²) in [7, 11) is 2.75. The van der Waals surface area contributed by atoms with Gasteiger partial charge in [0.1, 0.15) is 11.5 Å². The minimum absolute atomic E-state index is 0.0636. The molecule has 1 amide bonds. The van der Waals surface area contributed by atoms with Gasteiger partial charge in [0.05, 0.1) is 17.7 Å². The van der Waals surface area contributed by atoms with Gasteiger partial charge in [-0.3, -0.25) is 4.79 Å². The highest BCUT2D eigenvalue weighted by Crippen LogP contribution is 2.29. The molecule has 112 valence electrons. The van der Waals surface area contributed by atoms with Crippen molar-refractivity contribution in [3.05, 3.63) is 35.7 Å². The number of carbonyl (C=O) groups is 1. The predicted molar refractivity (Wildman–Crippen MR) is 75.2 cm³/mol. The van der Waals surface area contributed by atoms with Gasteiger partial charge in [0, 0.05) is 16.7 Å². The Morgan fingerprint density at radius 1 is 1.38 bits per heavy atom. The molecular formula is C12H11ClN2O5S. The predicted octanol–water partition coefficient (Wildman–Crippen LogP) is 2.17. The Kier molecular flexibility index (Phi) is 4.19. The Morgan fingerprint density at radius 2 is 2.10 bits per heavy atom. The minimum Gasteiger partial charge on any atom is -0.495 e. The van der Waals surface area contributed by atoms with E-state index in [1.54, 1.807) is 6.92 Å². The van der Waals surface area contributed by atoms with Crippen molar-refractivity contribution in [1.82, 2.24) is 5.16 Å². The molecule has 0 aliphatic rings. The first-order chi connectivity index (χ1) is 9.81. The van der Waals surface area contributed by atoms with Crippen molar-refractivity contribution < 1.29 is 22.5 Å². The molecule has 1 aromatic heterocycles. The summed E-state index contributed by atoms with van der Waals surface area (Å²) in [5.74, 6) is 0.200. The van der Waals surface area contributed by atoms with Crippen molar-refractivity contribution >= 4 is 31.3 Å². The minimum atomic E-state index is -3.92. The average molecular weight is 331 g/mol. The number of benzene rings is 1. The van der Waals surface area contributed by atoms with Crippen LogP contribution in [0.3, 0.4) is 0 Å². The first kappa shape index (κ1) is 15.3. The van der Waals surface area contributed by atoms with Crippen molar-refractivity contribution in [2.24, 2.45) is 0 Å². The Morgan fingerprint density at radius 3 is 2.62 bits per heavy atom. The molecule has 0 saturated carbocycles. The Balaban J connectivity index is 2.36. The number of hydrogen-bond acceptors (Lipinski definition) is 6. The lowest BCUT2D eigenvalue weighted by Gasteiger charge is -2.10. The second-order valence-corrected chi connectivity index (χ2v) is 6.64. The van der Waals surface area contributed by atoms with E-state index in [0.717, 1.165) is 0 Å². The van der Waals surface area contributed by atoms with Gasteiger partial charge in [0.2, 0.25) is 0 Å². The number of carbonyl (C=O) groups excluding carboxylic acids is 1. The number of rotatable bonds is 4. The zero-order valence-electron chi connectivity index (χ0n) is 11.1. The van der Waals surface area contributed by atoms with Crippen LogP contribution in [0.2, 0.25) is 0 Å². The lowest BCUT2D eigenvalue weighted by molar-refractivity contribution is 0.101. The summed E-state index contributed by atoms with van der Waals surface area (Å²) in [5.41, 5.74) is 0.221. The molecule has 2 aromatic rings. The van der Waals surface area contributed by atoms with E-state index in [4.69, 9.17) is 19.9 Å². The number of aryl methyl sites for hydroxylation is 1. The van der Waals surface area contributed by atoms with E-state index in [2.05, 4.69) is 10.5 Å². The standard InChI is InChI=1S/C12H11ClN2O5S/c1-7-5-10(15-20-7)12(16)14-9-6-8(21(13,17)18)3-4-11(9)19-2/h3-6H,1-2H3,(H,14,16). The average Bonchev–Trinajstić information content (AvgIpc) is 2.84. The fourth-order valence-electron chi connectivity index (χ4n) is 1.60. The zero-order chi connectivity index (χ0) is 15.6. The van der Waals surface area contributed by atoms with Crippen molar-refractivity contribution in [3.8, 4) is 5.75 Å². The molecule has 0 spiro atoms. The van der Waals surface area contributed by atoms with Crippen molar-refractivity contribution in [3.63, 3.8) is 0 Å². The molecule has 7 nitrogen and oxygen atoms in total. The number of nitrogens with one attached hydrogen (secondary N) is 1. The summed E-state index contributed by atoms with van der Waals surface area (Å²) in [6.07, 6.45) is 0. The van der Waals surface area contributed by atoms with Crippen molar-refractivity contribution in [2.75, 3.05) is 12.4 Å². The van der Waals surface area contributed by atoms with Gasteiger partial charge in [-0.15, -0.1) is 0 Å². The Labute approximate surface area is 125 Å². The number of anilines is 1. The van der Waals surface area contributed by atoms with Crippen LogP contribution in [0.5, 0.6) is 5.75 Å². The van der Waals surface area contributed by atoms with Gasteiger partial charge in [-0.1, -0.05) is 5.16 Å². The van der Waals surface area contributed by atoms with Gasteiger partial charge >= 0.3 is 0 Å². The maximum atomic E-state index is 12.0. The third kappa shape index (κ3) is 3.53. The van der Waals surface area contributed by atoms with Crippen LogP contribution in [0.1, 0.15) is 16.2 Å². The molecule has 0 fully saturated rings. The summed E-state index contributed by atoms with van der Waals surface area (Å²) in [5, 5.41) is 6.06. The number of aromatic nitrogens is 1. The van der Waals surface area contributed by atoms with Gasteiger partial charge in [0.15, 0.2) is 5.69 Å². The molecule has 2 rings (SSSR count). The van der Waals surface area contributed by atoms with Gasteiger partial charge in [-0.2, -0.15) is 0 Å². The monoisotopic (exact) mass is 330 g/mol. The Hall–Kier alpha value is -2.06.